The molecule has 0 saturated carbocycles. The van der Waals surface area contributed by atoms with E-state index >= 15 is 0 Å². The summed E-state index contributed by atoms with van der Waals surface area (Å²) in [4.78, 5) is 16.5. The molecular formula is H12CuN6O6-2. The van der Waals surface area contributed by atoms with Crippen molar-refractivity contribution in [2.24, 2.45) is 0 Å². The SMILES string of the molecule is N.N.N.N.O=[N+]([O-])[O-].O=[N+]([O-])[O-].[Cu]. The minimum atomic E-state index is -1.75. The van der Waals surface area contributed by atoms with E-state index in [0.29, 0.717) is 0 Å². The molecule has 0 aromatic carbocycles. The van der Waals surface area contributed by atoms with Crippen molar-refractivity contribution in [1.29, 1.82) is 0 Å². The molecule has 13 heteroatoms. The monoisotopic (exact) mass is 255 g/mol. The van der Waals surface area contributed by atoms with Crippen LogP contribution < -0.4 is 24.6 Å². The Balaban J connectivity index is -0.00000000800. The predicted molar refractivity (Wildman–Crippen MR) is 40.8 cm³/mol. The summed E-state index contributed by atoms with van der Waals surface area (Å²) in [6, 6.07) is 0. The molecule has 0 aliphatic carbocycles. The molecule has 0 rings (SSSR count). The zero-order chi connectivity index (χ0) is 7.15. The minimum Gasteiger partial charge on any atom is -0.356 e. The molecule has 0 fully saturated rings. The molecule has 0 bridgehead atoms. The van der Waals surface area contributed by atoms with E-state index in [4.69, 9.17) is 30.6 Å². The van der Waals surface area contributed by atoms with Crippen molar-refractivity contribution < 1.29 is 27.2 Å². The largest absolute Gasteiger partial charge is 0.356 e. The summed E-state index contributed by atoms with van der Waals surface area (Å²) in [6.07, 6.45) is 0. The van der Waals surface area contributed by atoms with Crippen molar-refractivity contribution >= 4 is 0 Å². The number of hydrogen-bond donors (Lipinski definition) is 4. The maximum atomic E-state index is 8.25. The normalized spacial score (nSPS) is 3.69. The van der Waals surface area contributed by atoms with Gasteiger partial charge in [-0.3, -0.25) is 0 Å². The van der Waals surface area contributed by atoms with E-state index in [1.807, 2.05) is 0 Å². The summed E-state index contributed by atoms with van der Waals surface area (Å²) < 4.78 is 0. The summed E-state index contributed by atoms with van der Waals surface area (Å²) >= 11 is 0. The second kappa shape index (κ2) is 45.2. The molecule has 12 nitrogen and oxygen atoms in total. The van der Waals surface area contributed by atoms with Gasteiger partial charge in [-0.2, -0.15) is 0 Å². The van der Waals surface area contributed by atoms with Crippen molar-refractivity contribution in [3.8, 4) is 0 Å². The van der Waals surface area contributed by atoms with E-state index in [9.17, 15) is 0 Å². The van der Waals surface area contributed by atoms with Gasteiger partial charge in [0.15, 0.2) is 0 Å². The van der Waals surface area contributed by atoms with Crippen LogP contribution in [0.25, 0.3) is 0 Å². The Morgan fingerprint density at radius 1 is 0.615 bits per heavy atom. The van der Waals surface area contributed by atoms with E-state index < -0.39 is 10.2 Å². The van der Waals surface area contributed by atoms with Crippen LogP contribution in [0, 0.1) is 30.6 Å². The molecule has 0 aliphatic heterocycles. The van der Waals surface area contributed by atoms with Crippen LogP contribution in [0.3, 0.4) is 0 Å². The molecule has 0 saturated heterocycles. The molecule has 0 unspecified atom stereocenters. The Hall–Kier alpha value is -1.24. The summed E-state index contributed by atoms with van der Waals surface area (Å²) in [6.45, 7) is 0. The van der Waals surface area contributed by atoms with Gasteiger partial charge in [0.2, 0.25) is 0 Å². The van der Waals surface area contributed by atoms with Crippen molar-refractivity contribution in [1.82, 2.24) is 24.6 Å². The molecule has 0 aromatic rings. The fraction of sp³-hybridized carbons (Fsp3) is 0. The number of hydrogen-bond acceptors (Lipinski definition) is 10. The molecule has 0 amide bonds. The van der Waals surface area contributed by atoms with Crippen molar-refractivity contribution in [2.45, 2.75) is 0 Å². The quantitative estimate of drug-likeness (QED) is 0.258. The Bertz CT molecular complexity index is 75.1. The van der Waals surface area contributed by atoms with E-state index in [1.165, 1.54) is 0 Å². The molecule has 0 heterocycles. The van der Waals surface area contributed by atoms with Crippen LogP contribution in [0.4, 0.5) is 0 Å². The van der Waals surface area contributed by atoms with Crippen molar-refractivity contribution in [3.63, 3.8) is 0 Å². The molecule has 12 N–H and O–H groups in total. The van der Waals surface area contributed by atoms with Crippen LogP contribution in [-0.2, 0) is 17.1 Å². The van der Waals surface area contributed by atoms with Crippen LogP contribution in [0.1, 0.15) is 0 Å². The van der Waals surface area contributed by atoms with Gasteiger partial charge in [0, 0.05) is 17.1 Å². The van der Waals surface area contributed by atoms with Crippen LogP contribution in [0.5, 0.6) is 0 Å². The van der Waals surface area contributed by atoms with Gasteiger partial charge in [-0.25, -0.2) is 0 Å². The maximum Gasteiger partial charge on any atom is 0.0689 e. The van der Waals surface area contributed by atoms with Gasteiger partial charge in [0.05, 0.1) is 10.2 Å². The summed E-state index contributed by atoms with van der Waals surface area (Å²) in [5, 5.41) is 29.5. The maximum absolute atomic E-state index is 8.25. The zero-order valence-corrected chi connectivity index (χ0v) is 7.42. The van der Waals surface area contributed by atoms with Gasteiger partial charge in [0.1, 0.15) is 0 Å². The van der Waals surface area contributed by atoms with E-state index in [-0.39, 0.29) is 41.7 Å². The Morgan fingerprint density at radius 3 is 0.615 bits per heavy atom. The molecule has 0 spiro atoms. The molecule has 0 aromatic heterocycles. The third kappa shape index (κ3) is 536. The first-order valence-electron chi connectivity index (χ1n) is 1.10. The van der Waals surface area contributed by atoms with Crippen LogP contribution in [0.2, 0.25) is 0 Å². The van der Waals surface area contributed by atoms with Gasteiger partial charge >= 0.3 is 0 Å². The fourth-order valence-electron chi connectivity index (χ4n) is 0. The van der Waals surface area contributed by atoms with Gasteiger partial charge in [0.25, 0.3) is 0 Å². The average Bonchev–Trinajstić information content (AvgIpc) is 1.25. The van der Waals surface area contributed by atoms with E-state index in [1.54, 1.807) is 0 Å². The standard InChI is InChI=1S/Cu.2NO3.4H3N/c;2*2-1(3)4;;;;/h;;;4*1H3/q;2*-1;;;;. The topological polar surface area (TPSA) is 272 Å². The van der Waals surface area contributed by atoms with E-state index in [0.717, 1.165) is 0 Å². The molecule has 0 aliphatic rings. The third-order valence-electron chi connectivity index (χ3n) is 0. The summed E-state index contributed by atoms with van der Waals surface area (Å²) in [7, 11) is 0. The Morgan fingerprint density at radius 2 is 0.615 bits per heavy atom. The predicted octanol–water partition coefficient (Wildman–Crippen LogP) is 0.167. The average molecular weight is 256 g/mol. The minimum absolute atomic E-state index is 0. The van der Waals surface area contributed by atoms with Gasteiger partial charge < -0.3 is 55.2 Å². The van der Waals surface area contributed by atoms with Crippen molar-refractivity contribution in [3.05, 3.63) is 30.6 Å². The van der Waals surface area contributed by atoms with Gasteiger partial charge in [-0.05, 0) is 0 Å². The fourth-order valence-corrected chi connectivity index (χ4v) is 0. The van der Waals surface area contributed by atoms with Crippen molar-refractivity contribution in [2.75, 3.05) is 0 Å². The Labute approximate surface area is 83.3 Å². The molecular weight excluding hydrogens is 244 g/mol. The van der Waals surface area contributed by atoms with Crippen LogP contribution >= 0.6 is 0 Å². The third-order valence-corrected chi connectivity index (χ3v) is 0. The second-order valence-electron chi connectivity index (χ2n) is 0.447. The zero-order valence-electron chi connectivity index (χ0n) is 6.47. The first kappa shape index (κ1) is 60.1. The summed E-state index contributed by atoms with van der Waals surface area (Å²) in [5.41, 5.74) is 0. The molecule has 0 atom stereocenters. The van der Waals surface area contributed by atoms with Gasteiger partial charge in [-0.1, -0.05) is 0 Å². The number of rotatable bonds is 0. The smallest absolute Gasteiger partial charge is 0.0689 e. The van der Waals surface area contributed by atoms with Crippen LogP contribution in [0.15, 0.2) is 0 Å². The number of nitrogens with zero attached hydrogens (tertiary/aromatic N) is 2. The second-order valence-corrected chi connectivity index (χ2v) is 0.447. The molecule has 91 valence electrons. The first-order valence-corrected chi connectivity index (χ1v) is 1.10. The molecule has 13 heavy (non-hydrogen) atoms. The van der Waals surface area contributed by atoms with Gasteiger partial charge in [-0.15, -0.1) is 0 Å². The Kier molecular flexibility index (Phi) is 209. The van der Waals surface area contributed by atoms with E-state index in [2.05, 4.69) is 0 Å². The first-order chi connectivity index (χ1) is 3.46. The summed E-state index contributed by atoms with van der Waals surface area (Å²) in [5.74, 6) is 0. The van der Waals surface area contributed by atoms with Crippen LogP contribution in [-0.4, -0.2) is 10.2 Å². The molecule has 1 radical (unpaired) electrons.